The van der Waals surface area contributed by atoms with Crippen LogP contribution in [0, 0.1) is 19.3 Å². The molecule has 1 unspecified atom stereocenters. The number of hydrogen-bond acceptors (Lipinski definition) is 2. The number of hydrogen-bond donors (Lipinski definition) is 2. The summed E-state index contributed by atoms with van der Waals surface area (Å²) in [5.74, 6) is -0.0133. The van der Waals surface area contributed by atoms with E-state index in [0.29, 0.717) is 31.5 Å². The fourth-order valence-electron chi connectivity index (χ4n) is 4.99. The van der Waals surface area contributed by atoms with E-state index in [1.165, 1.54) is 16.7 Å². The number of imidazole rings is 1. The third-order valence-corrected chi connectivity index (χ3v) is 7.08. The van der Waals surface area contributed by atoms with E-state index in [2.05, 4.69) is 89.0 Å². The number of nitrogens with zero attached hydrogens (tertiary/aromatic N) is 2. The second-order valence-electron chi connectivity index (χ2n) is 10.1. The van der Waals surface area contributed by atoms with E-state index in [1.807, 2.05) is 42.5 Å². The number of para-hydroxylation sites is 2. The van der Waals surface area contributed by atoms with E-state index in [-0.39, 0.29) is 11.9 Å². The van der Waals surface area contributed by atoms with Gasteiger partial charge in [0.25, 0.3) is 0 Å². The molecule has 5 nitrogen and oxygen atoms in total. The first-order chi connectivity index (χ1) is 18.5. The largest absolute Gasteiger partial charge is 0.354 e. The van der Waals surface area contributed by atoms with Crippen LogP contribution in [0.4, 0.5) is 0 Å². The summed E-state index contributed by atoms with van der Waals surface area (Å²) in [4.78, 5) is 12.9. The third-order valence-electron chi connectivity index (χ3n) is 7.08. The van der Waals surface area contributed by atoms with Crippen molar-refractivity contribution in [3.63, 3.8) is 0 Å². The molecule has 0 saturated heterocycles. The van der Waals surface area contributed by atoms with Gasteiger partial charge in [-0.25, -0.2) is 0 Å². The van der Waals surface area contributed by atoms with E-state index in [9.17, 15) is 10.2 Å². The average molecular weight is 503 g/mol. The first-order valence-corrected chi connectivity index (χ1v) is 13.1. The maximum atomic E-state index is 12.9. The lowest BCUT2D eigenvalue weighted by atomic mass is 10.0. The van der Waals surface area contributed by atoms with Gasteiger partial charge in [-0.15, -0.1) is 0 Å². The van der Waals surface area contributed by atoms with E-state index in [0.717, 1.165) is 22.2 Å². The number of aryl methyl sites for hydroxylation is 2. The van der Waals surface area contributed by atoms with Gasteiger partial charge in [0.2, 0.25) is 11.5 Å². The van der Waals surface area contributed by atoms with E-state index in [4.69, 9.17) is 0 Å². The predicted octanol–water partition coefficient (Wildman–Crippen LogP) is 5.73. The molecule has 1 atom stereocenters. The summed E-state index contributed by atoms with van der Waals surface area (Å²) in [6, 6.07) is 34.9. The van der Waals surface area contributed by atoms with Gasteiger partial charge >= 0.3 is 0 Å². The smallest absolute Gasteiger partial charge is 0.224 e. The normalized spacial score (nSPS) is 11.9. The number of aromatic nitrogens is 2. The minimum absolute atomic E-state index is 0.0133. The molecular weight excluding hydrogens is 468 g/mol. The topological polar surface area (TPSA) is 62.8 Å². The van der Waals surface area contributed by atoms with Crippen molar-refractivity contribution >= 4 is 16.9 Å². The molecule has 2 N–H and O–H groups in total. The lowest BCUT2D eigenvalue weighted by molar-refractivity contribution is -0.120. The predicted molar refractivity (Wildman–Crippen MR) is 153 cm³/mol. The van der Waals surface area contributed by atoms with Gasteiger partial charge in [0.1, 0.15) is 0 Å². The summed E-state index contributed by atoms with van der Waals surface area (Å²) >= 11 is 0. The molecule has 0 spiro atoms. The molecule has 192 valence electrons. The summed E-state index contributed by atoms with van der Waals surface area (Å²) in [5.41, 5.74) is 8.21. The number of carbonyl (C=O) groups is 1. The van der Waals surface area contributed by atoms with Crippen LogP contribution in [0.3, 0.4) is 0 Å². The zero-order chi connectivity index (χ0) is 26.5. The van der Waals surface area contributed by atoms with Crippen molar-refractivity contribution in [1.29, 1.82) is 5.41 Å². The van der Waals surface area contributed by atoms with Gasteiger partial charge < -0.3 is 14.5 Å². The highest BCUT2D eigenvalue weighted by Gasteiger charge is 2.20. The number of fused-ring (bicyclic) bond motifs is 1. The van der Waals surface area contributed by atoms with Crippen molar-refractivity contribution in [2.45, 2.75) is 39.3 Å². The fraction of sp³-hybridized carbons (Fsp3) is 0.212. The molecule has 38 heavy (non-hydrogen) atoms. The Labute approximate surface area is 223 Å². The van der Waals surface area contributed by atoms with Crippen molar-refractivity contribution < 1.29 is 4.79 Å². The van der Waals surface area contributed by atoms with Gasteiger partial charge in [-0.3, -0.25) is 10.2 Å². The molecule has 5 rings (SSSR count). The molecule has 0 aliphatic heterocycles. The zero-order valence-corrected chi connectivity index (χ0v) is 22.0. The van der Waals surface area contributed by atoms with Crippen molar-refractivity contribution in [2.75, 3.05) is 6.54 Å². The molecule has 0 radical (unpaired) electrons. The average Bonchev–Trinajstić information content (AvgIpc) is 3.20. The number of amides is 1. The van der Waals surface area contributed by atoms with Crippen LogP contribution in [0.1, 0.15) is 33.9 Å². The van der Waals surface area contributed by atoms with Crippen LogP contribution in [-0.4, -0.2) is 21.6 Å². The molecule has 5 aromatic rings. The monoisotopic (exact) mass is 502 g/mol. The SMILES string of the molecule is Cc1ccc(CC(CNC(=O)Cc2ccccc2)n2c(=N)n(Cc3ccc(C)cc3)c3ccccc32)cc1. The van der Waals surface area contributed by atoms with Crippen LogP contribution in [-0.2, 0) is 24.2 Å². The van der Waals surface area contributed by atoms with Crippen LogP contribution in [0.2, 0.25) is 0 Å². The number of nitrogens with one attached hydrogen (secondary N) is 2. The molecule has 1 aromatic heterocycles. The Morgan fingerprint density at radius 3 is 1.97 bits per heavy atom. The van der Waals surface area contributed by atoms with Gasteiger partial charge in [-0.1, -0.05) is 102 Å². The molecule has 1 amide bonds. The second-order valence-corrected chi connectivity index (χ2v) is 10.1. The number of rotatable bonds is 9. The highest BCUT2D eigenvalue weighted by atomic mass is 16.1. The Morgan fingerprint density at radius 2 is 1.32 bits per heavy atom. The van der Waals surface area contributed by atoms with E-state index in [1.54, 1.807) is 0 Å². The summed E-state index contributed by atoms with van der Waals surface area (Å²) in [5, 5.41) is 12.4. The van der Waals surface area contributed by atoms with Crippen LogP contribution in [0.15, 0.2) is 103 Å². The Kier molecular flexibility index (Phi) is 7.55. The van der Waals surface area contributed by atoms with Crippen molar-refractivity contribution in [2.24, 2.45) is 0 Å². The highest BCUT2D eigenvalue weighted by Crippen LogP contribution is 2.22. The minimum atomic E-state index is -0.117. The summed E-state index contributed by atoms with van der Waals surface area (Å²) in [6.07, 6.45) is 1.05. The second kappa shape index (κ2) is 11.3. The minimum Gasteiger partial charge on any atom is -0.354 e. The third kappa shape index (κ3) is 5.78. The Balaban J connectivity index is 1.49. The summed E-state index contributed by atoms with van der Waals surface area (Å²) < 4.78 is 4.15. The lowest BCUT2D eigenvalue weighted by Crippen LogP contribution is -2.37. The quantitative estimate of drug-likeness (QED) is 0.266. The van der Waals surface area contributed by atoms with Crippen LogP contribution in [0.25, 0.3) is 11.0 Å². The molecule has 0 aliphatic carbocycles. The molecule has 4 aromatic carbocycles. The standard InChI is InChI=1S/C33H34N4O/c1-24-12-16-27(17-13-24)20-29(22-35-32(38)21-26-8-4-3-5-9-26)37-31-11-7-6-10-30(31)36(33(37)34)23-28-18-14-25(2)15-19-28/h3-19,29,34H,20-23H2,1-2H3,(H,35,38). The molecule has 0 bridgehead atoms. The van der Waals surface area contributed by atoms with Gasteiger partial charge in [0, 0.05) is 6.54 Å². The lowest BCUT2D eigenvalue weighted by Gasteiger charge is -2.21. The van der Waals surface area contributed by atoms with Crippen LogP contribution < -0.4 is 10.9 Å². The number of benzene rings is 4. The van der Waals surface area contributed by atoms with Crippen molar-refractivity contribution in [1.82, 2.24) is 14.5 Å². The Hall–Kier alpha value is -4.38. The molecule has 0 fully saturated rings. The molecule has 5 heteroatoms. The summed E-state index contributed by atoms with van der Waals surface area (Å²) in [7, 11) is 0. The number of carbonyl (C=O) groups excluding carboxylic acids is 1. The molecule has 1 heterocycles. The van der Waals surface area contributed by atoms with Crippen LogP contribution >= 0.6 is 0 Å². The Bertz CT molecular complexity index is 1580. The maximum Gasteiger partial charge on any atom is 0.224 e. The van der Waals surface area contributed by atoms with Gasteiger partial charge in [0.05, 0.1) is 30.0 Å². The molecular formula is C33H34N4O. The van der Waals surface area contributed by atoms with Gasteiger partial charge in [-0.05, 0) is 49.1 Å². The maximum absolute atomic E-state index is 12.9. The zero-order valence-electron chi connectivity index (χ0n) is 22.0. The first-order valence-electron chi connectivity index (χ1n) is 13.1. The highest BCUT2D eigenvalue weighted by molar-refractivity contribution is 5.79. The van der Waals surface area contributed by atoms with E-state index < -0.39 is 0 Å². The van der Waals surface area contributed by atoms with Crippen molar-refractivity contribution in [3.05, 3.63) is 137 Å². The van der Waals surface area contributed by atoms with Crippen LogP contribution in [0.5, 0.6) is 0 Å². The van der Waals surface area contributed by atoms with Crippen molar-refractivity contribution in [3.8, 4) is 0 Å². The molecule has 0 saturated carbocycles. The van der Waals surface area contributed by atoms with E-state index >= 15 is 0 Å². The van der Waals surface area contributed by atoms with Gasteiger partial charge in [-0.2, -0.15) is 0 Å². The van der Waals surface area contributed by atoms with Gasteiger partial charge in [0.15, 0.2) is 0 Å². The Morgan fingerprint density at radius 1 is 0.737 bits per heavy atom. The molecule has 0 aliphatic rings. The summed E-state index contributed by atoms with van der Waals surface area (Å²) in [6.45, 7) is 5.22. The fourth-order valence-corrected chi connectivity index (χ4v) is 4.99. The first kappa shape index (κ1) is 25.3.